The fourth-order valence-corrected chi connectivity index (χ4v) is 1.78. The van der Waals surface area contributed by atoms with E-state index < -0.39 is 0 Å². The van der Waals surface area contributed by atoms with Crippen molar-refractivity contribution in [3.05, 3.63) is 40.7 Å². The van der Waals surface area contributed by atoms with Crippen LogP contribution in [0.25, 0.3) is 0 Å². The van der Waals surface area contributed by atoms with Gasteiger partial charge < -0.3 is 4.74 Å². The Morgan fingerprint density at radius 1 is 1.37 bits per heavy atom. The van der Waals surface area contributed by atoms with Crippen molar-refractivity contribution in [2.75, 3.05) is 13.7 Å². The van der Waals surface area contributed by atoms with Crippen LogP contribution in [0.4, 0.5) is 0 Å². The van der Waals surface area contributed by atoms with Crippen molar-refractivity contribution in [1.29, 1.82) is 0 Å². The molecule has 0 aliphatic heterocycles. The van der Waals surface area contributed by atoms with E-state index in [4.69, 9.17) is 16.3 Å². The molecule has 0 aliphatic rings. The molecule has 0 spiro atoms. The van der Waals surface area contributed by atoms with E-state index in [0.29, 0.717) is 13.2 Å². The maximum atomic E-state index is 12.3. The quantitative estimate of drug-likeness (QED) is 0.777. The highest BCUT2D eigenvalue weighted by molar-refractivity contribution is 6.34. The molecule has 0 unspecified atom stereocenters. The van der Waals surface area contributed by atoms with Gasteiger partial charge in [0.15, 0.2) is 0 Å². The minimum atomic E-state index is -0.349. The third-order valence-electron chi connectivity index (χ3n) is 2.50. The van der Waals surface area contributed by atoms with Gasteiger partial charge in [-0.2, -0.15) is 5.10 Å². The van der Waals surface area contributed by atoms with Gasteiger partial charge in [0, 0.05) is 19.5 Å². The van der Waals surface area contributed by atoms with Gasteiger partial charge in [0.1, 0.15) is 5.69 Å². The molecule has 0 aliphatic carbocycles. The molecular formula is C12H13ClN4O2. The van der Waals surface area contributed by atoms with Crippen molar-refractivity contribution in [3.63, 3.8) is 0 Å². The number of carbonyl (C=O) groups is 1. The Kier molecular flexibility index (Phi) is 4.24. The van der Waals surface area contributed by atoms with Crippen molar-refractivity contribution in [2.45, 2.75) is 13.5 Å². The molecule has 2 aromatic heterocycles. The summed E-state index contributed by atoms with van der Waals surface area (Å²) >= 11 is 6.00. The Bertz CT molecular complexity index is 580. The van der Waals surface area contributed by atoms with Gasteiger partial charge in [-0.15, -0.1) is 0 Å². The molecule has 0 fully saturated rings. The Hall–Kier alpha value is -1.79. The zero-order valence-electron chi connectivity index (χ0n) is 10.6. The largest absolute Gasteiger partial charge is 0.383 e. The molecule has 6 nitrogen and oxygen atoms in total. The Labute approximate surface area is 115 Å². The van der Waals surface area contributed by atoms with E-state index in [-0.39, 0.29) is 22.3 Å². The van der Waals surface area contributed by atoms with Gasteiger partial charge in [0.25, 0.3) is 0 Å². The summed E-state index contributed by atoms with van der Waals surface area (Å²) in [6, 6.07) is 0. The van der Waals surface area contributed by atoms with Crippen molar-refractivity contribution in [2.24, 2.45) is 0 Å². The second kappa shape index (κ2) is 5.90. The molecule has 0 atom stereocenters. The van der Waals surface area contributed by atoms with Crippen LogP contribution in [-0.2, 0) is 11.3 Å². The molecule has 19 heavy (non-hydrogen) atoms. The zero-order valence-corrected chi connectivity index (χ0v) is 11.4. The average Bonchev–Trinajstić information content (AvgIpc) is 2.77. The van der Waals surface area contributed by atoms with E-state index in [1.807, 2.05) is 6.92 Å². The van der Waals surface area contributed by atoms with E-state index >= 15 is 0 Å². The van der Waals surface area contributed by atoms with Crippen LogP contribution in [0, 0.1) is 6.92 Å². The molecule has 2 rings (SSSR count). The number of carbonyl (C=O) groups excluding carboxylic acids is 1. The molecule has 0 N–H and O–H groups in total. The highest BCUT2D eigenvalue weighted by atomic mass is 35.5. The minimum Gasteiger partial charge on any atom is -0.383 e. The van der Waals surface area contributed by atoms with E-state index in [1.165, 1.54) is 10.9 Å². The van der Waals surface area contributed by atoms with Crippen LogP contribution in [0.5, 0.6) is 0 Å². The van der Waals surface area contributed by atoms with Gasteiger partial charge in [0.05, 0.1) is 24.4 Å². The normalized spacial score (nSPS) is 10.7. The summed E-state index contributed by atoms with van der Waals surface area (Å²) in [6.07, 6.45) is 4.60. The lowest BCUT2D eigenvalue weighted by Crippen LogP contribution is -2.16. The topological polar surface area (TPSA) is 69.9 Å². The van der Waals surface area contributed by atoms with E-state index in [9.17, 15) is 4.79 Å². The van der Waals surface area contributed by atoms with Crippen LogP contribution in [-0.4, -0.2) is 39.2 Å². The predicted octanol–water partition coefficient (Wildman–Crippen LogP) is 1.51. The average molecular weight is 281 g/mol. The second-order valence-electron chi connectivity index (χ2n) is 3.97. The van der Waals surface area contributed by atoms with E-state index in [1.54, 1.807) is 19.5 Å². The molecule has 2 aromatic rings. The highest BCUT2D eigenvalue weighted by Crippen LogP contribution is 2.17. The van der Waals surface area contributed by atoms with Crippen LogP contribution in [0.3, 0.4) is 0 Å². The number of nitrogens with zero attached hydrogens (tertiary/aromatic N) is 4. The van der Waals surface area contributed by atoms with Crippen LogP contribution in [0.15, 0.2) is 18.6 Å². The molecule has 0 saturated carbocycles. The summed E-state index contributed by atoms with van der Waals surface area (Å²) in [6.45, 7) is 2.73. The number of rotatable bonds is 5. The van der Waals surface area contributed by atoms with Gasteiger partial charge in [-0.25, -0.2) is 9.97 Å². The van der Waals surface area contributed by atoms with Crippen LogP contribution >= 0.6 is 11.6 Å². The van der Waals surface area contributed by atoms with Crippen LogP contribution < -0.4 is 0 Å². The number of hydrogen-bond donors (Lipinski definition) is 0. The molecule has 0 amide bonds. The van der Waals surface area contributed by atoms with E-state index in [0.717, 1.165) is 5.56 Å². The maximum absolute atomic E-state index is 12.3. The summed E-state index contributed by atoms with van der Waals surface area (Å²) in [7, 11) is 1.58. The first kappa shape index (κ1) is 13.6. The van der Waals surface area contributed by atoms with Gasteiger partial charge in [-0.3, -0.25) is 9.48 Å². The minimum absolute atomic E-state index is 0.103. The number of hydrogen-bond acceptors (Lipinski definition) is 5. The first-order valence-corrected chi connectivity index (χ1v) is 6.05. The lowest BCUT2D eigenvalue weighted by atomic mass is 10.2. The van der Waals surface area contributed by atoms with Gasteiger partial charge in [-0.05, 0) is 12.5 Å². The van der Waals surface area contributed by atoms with Gasteiger partial charge in [-0.1, -0.05) is 11.6 Å². The standard InChI is InChI=1S/C12H13ClN4O2/c1-8-5-14-12(15-6-8)11(18)10-9(13)7-16-17(10)3-4-19-2/h5-7H,3-4H2,1-2H3. The number of aryl methyl sites for hydroxylation is 1. The number of ether oxygens (including phenoxy) is 1. The van der Waals surface area contributed by atoms with Crippen molar-refractivity contribution >= 4 is 17.4 Å². The maximum Gasteiger partial charge on any atom is 0.249 e. The van der Waals surface area contributed by atoms with Crippen LogP contribution in [0.1, 0.15) is 21.9 Å². The zero-order chi connectivity index (χ0) is 13.8. The summed E-state index contributed by atoms with van der Waals surface area (Å²) < 4.78 is 6.46. The second-order valence-corrected chi connectivity index (χ2v) is 4.38. The third kappa shape index (κ3) is 2.97. The number of aromatic nitrogens is 4. The predicted molar refractivity (Wildman–Crippen MR) is 69.3 cm³/mol. The molecule has 2 heterocycles. The number of methoxy groups -OCH3 is 1. The Balaban J connectivity index is 2.32. The van der Waals surface area contributed by atoms with Gasteiger partial charge in [0.2, 0.25) is 11.6 Å². The van der Waals surface area contributed by atoms with E-state index in [2.05, 4.69) is 15.1 Å². The smallest absolute Gasteiger partial charge is 0.249 e. The first-order chi connectivity index (χ1) is 9.13. The van der Waals surface area contributed by atoms with Crippen molar-refractivity contribution in [1.82, 2.24) is 19.7 Å². The summed E-state index contributed by atoms with van der Waals surface area (Å²) in [5, 5.41) is 4.33. The lowest BCUT2D eigenvalue weighted by molar-refractivity contribution is 0.101. The molecule has 100 valence electrons. The Morgan fingerprint density at radius 2 is 2.05 bits per heavy atom. The van der Waals surface area contributed by atoms with Gasteiger partial charge >= 0.3 is 0 Å². The Morgan fingerprint density at radius 3 is 2.68 bits per heavy atom. The van der Waals surface area contributed by atoms with Crippen LogP contribution in [0.2, 0.25) is 5.02 Å². The number of ketones is 1. The molecule has 0 radical (unpaired) electrons. The molecule has 0 aromatic carbocycles. The molecular weight excluding hydrogens is 268 g/mol. The molecule has 0 bridgehead atoms. The molecule has 7 heteroatoms. The fraction of sp³-hybridized carbons (Fsp3) is 0.333. The fourth-order valence-electron chi connectivity index (χ4n) is 1.55. The summed E-state index contributed by atoms with van der Waals surface area (Å²) in [5.41, 5.74) is 1.16. The van der Waals surface area contributed by atoms with Crippen molar-refractivity contribution in [3.8, 4) is 0 Å². The monoisotopic (exact) mass is 280 g/mol. The summed E-state index contributed by atoms with van der Waals surface area (Å²) in [5.74, 6) is -0.245. The van der Waals surface area contributed by atoms with Crippen molar-refractivity contribution < 1.29 is 9.53 Å². The molecule has 0 saturated heterocycles. The highest BCUT2D eigenvalue weighted by Gasteiger charge is 2.21. The number of halogens is 1. The SMILES string of the molecule is COCCn1ncc(Cl)c1C(=O)c1ncc(C)cn1. The first-order valence-electron chi connectivity index (χ1n) is 5.67. The summed E-state index contributed by atoms with van der Waals surface area (Å²) in [4.78, 5) is 20.3. The third-order valence-corrected chi connectivity index (χ3v) is 2.78. The lowest BCUT2D eigenvalue weighted by Gasteiger charge is -2.06.